The van der Waals surface area contributed by atoms with Gasteiger partial charge in [0.1, 0.15) is 10.8 Å². The smallest absolute Gasteiger partial charge is 0.271 e. The number of hydrogen-bond donors (Lipinski definition) is 1. The van der Waals surface area contributed by atoms with Crippen LogP contribution in [0.2, 0.25) is 0 Å². The van der Waals surface area contributed by atoms with Gasteiger partial charge in [-0.1, -0.05) is 23.9 Å². The number of methoxy groups -OCH3 is 1. The minimum Gasteiger partial charge on any atom is -0.495 e. The van der Waals surface area contributed by atoms with Crippen LogP contribution in [0.5, 0.6) is 5.75 Å². The van der Waals surface area contributed by atoms with Gasteiger partial charge in [0.15, 0.2) is 0 Å². The normalized spacial score (nSPS) is 11.8. The molecule has 0 saturated carbocycles. The lowest BCUT2D eigenvalue weighted by atomic mass is 10.1. The second kappa shape index (κ2) is 9.17. The van der Waals surface area contributed by atoms with E-state index < -0.39 is 5.25 Å². The van der Waals surface area contributed by atoms with Gasteiger partial charge >= 0.3 is 0 Å². The number of nitrogens with zero attached hydrogens (tertiary/aromatic N) is 2. The lowest BCUT2D eigenvalue weighted by Gasteiger charge is -2.15. The standard InChI is InChI=1S/C23H25N3O3S/c1-14-6-9-20(29-5)19(12-14)24-23(28)17(4)30-21-10-11-22(27)26(25-21)18-8-7-15(2)16(3)13-18/h6-13,17H,1-5H3,(H,24,28). The number of carbonyl (C=O) groups excluding carboxylic acids is 1. The lowest BCUT2D eigenvalue weighted by molar-refractivity contribution is -0.115. The molecule has 1 amide bonds. The summed E-state index contributed by atoms with van der Waals surface area (Å²) in [6, 6.07) is 14.5. The SMILES string of the molecule is COc1ccc(C)cc1NC(=O)C(C)Sc1ccc(=O)n(-c2ccc(C)c(C)c2)n1. The molecule has 156 valence electrons. The molecule has 30 heavy (non-hydrogen) atoms. The number of amides is 1. The van der Waals surface area contributed by atoms with E-state index in [1.54, 1.807) is 20.1 Å². The summed E-state index contributed by atoms with van der Waals surface area (Å²) in [7, 11) is 1.57. The van der Waals surface area contributed by atoms with E-state index in [9.17, 15) is 9.59 Å². The Labute approximate surface area is 180 Å². The second-order valence-corrected chi connectivity index (χ2v) is 8.50. The Bertz CT molecular complexity index is 1140. The molecule has 7 heteroatoms. The molecule has 3 rings (SSSR count). The monoisotopic (exact) mass is 423 g/mol. The van der Waals surface area contributed by atoms with E-state index in [0.717, 1.165) is 16.7 Å². The van der Waals surface area contributed by atoms with Gasteiger partial charge in [-0.05, 0) is 74.7 Å². The summed E-state index contributed by atoms with van der Waals surface area (Å²) >= 11 is 1.29. The maximum Gasteiger partial charge on any atom is 0.271 e. The number of rotatable bonds is 6. The lowest BCUT2D eigenvalue weighted by Crippen LogP contribution is -2.24. The molecule has 1 aromatic heterocycles. The van der Waals surface area contributed by atoms with Crippen molar-refractivity contribution in [2.75, 3.05) is 12.4 Å². The van der Waals surface area contributed by atoms with Gasteiger partial charge in [-0.3, -0.25) is 9.59 Å². The number of thioether (sulfide) groups is 1. The Kier molecular flexibility index (Phi) is 6.62. The van der Waals surface area contributed by atoms with Crippen LogP contribution in [0.3, 0.4) is 0 Å². The van der Waals surface area contributed by atoms with Crippen molar-refractivity contribution < 1.29 is 9.53 Å². The maximum atomic E-state index is 12.7. The summed E-state index contributed by atoms with van der Waals surface area (Å²) in [6.07, 6.45) is 0. The van der Waals surface area contributed by atoms with Crippen LogP contribution in [0.25, 0.3) is 5.69 Å². The van der Waals surface area contributed by atoms with Crippen LogP contribution in [0.4, 0.5) is 5.69 Å². The number of hydrogen-bond acceptors (Lipinski definition) is 5. The van der Waals surface area contributed by atoms with Crippen molar-refractivity contribution in [1.82, 2.24) is 9.78 Å². The minimum absolute atomic E-state index is 0.172. The summed E-state index contributed by atoms with van der Waals surface area (Å²) in [4.78, 5) is 25.0. The molecular weight excluding hydrogens is 398 g/mol. The van der Waals surface area contributed by atoms with Crippen LogP contribution in [-0.2, 0) is 4.79 Å². The van der Waals surface area contributed by atoms with Crippen molar-refractivity contribution in [1.29, 1.82) is 0 Å². The van der Waals surface area contributed by atoms with E-state index in [-0.39, 0.29) is 11.5 Å². The molecule has 6 nitrogen and oxygen atoms in total. The number of ether oxygens (including phenoxy) is 1. The van der Waals surface area contributed by atoms with Crippen LogP contribution in [-0.4, -0.2) is 28.0 Å². The number of carbonyl (C=O) groups is 1. The van der Waals surface area contributed by atoms with Crippen molar-refractivity contribution in [2.24, 2.45) is 0 Å². The van der Waals surface area contributed by atoms with E-state index >= 15 is 0 Å². The molecule has 0 radical (unpaired) electrons. The molecule has 0 spiro atoms. The number of nitrogens with one attached hydrogen (secondary N) is 1. The molecule has 1 unspecified atom stereocenters. The quantitative estimate of drug-likeness (QED) is 0.599. The predicted molar refractivity (Wildman–Crippen MR) is 121 cm³/mol. The van der Waals surface area contributed by atoms with Crippen molar-refractivity contribution in [2.45, 2.75) is 38.0 Å². The van der Waals surface area contributed by atoms with Crippen molar-refractivity contribution in [3.05, 3.63) is 75.6 Å². The highest BCUT2D eigenvalue weighted by Crippen LogP contribution is 2.27. The molecule has 2 aromatic carbocycles. The van der Waals surface area contributed by atoms with E-state index in [1.165, 1.54) is 22.5 Å². The average Bonchev–Trinajstić information content (AvgIpc) is 2.71. The average molecular weight is 424 g/mol. The summed E-state index contributed by atoms with van der Waals surface area (Å²) in [5, 5.41) is 7.53. The Morgan fingerprint density at radius 2 is 1.83 bits per heavy atom. The third-order valence-electron chi connectivity index (χ3n) is 4.79. The van der Waals surface area contributed by atoms with E-state index in [4.69, 9.17) is 4.74 Å². The van der Waals surface area contributed by atoms with Gasteiger partial charge in [0.05, 0.1) is 23.7 Å². The zero-order valence-electron chi connectivity index (χ0n) is 17.7. The number of aromatic nitrogens is 2. The van der Waals surface area contributed by atoms with Crippen LogP contribution in [0.1, 0.15) is 23.6 Å². The molecule has 1 heterocycles. The number of anilines is 1. The van der Waals surface area contributed by atoms with Gasteiger partial charge in [-0.25, -0.2) is 0 Å². The fraction of sp³-hybridized carbons (Fsp3) is 0.261. The zero-order valence-corrected chi connectivity index (χ0v) is 18.5. The fourth-order valence-corrected chi connectivity index (χ4v) is 3.69. The first kappa shape index (κ1) is 21.6. The molecule has 0 bridgehead atoms. The Hall–Kier alpha value is -3.06. The molecule has 0 aliphatic rings. The maximum absolute atomic E-state index is 12.7. The van der Waals surface area contributed by atoms with Crippen LogP contribution in [0.15, 0.2) is 58.4 Å². The highest BCUT2D eigenvalue weighted by atomic mass is 32.2. The molecule has 0 aliphatic carbocycles. The summed E-state index contributed by atoms with van der Waals surface area (Å²) < 4.78 is 6.69. The highest BCUT2D eigenvalue weighted by Gasteiger charge is 2.18. The van der Waals surface area contributed by atoms with Crippen molar-refractivity contribution >= 4 is 23.4 Å². The van der Waals surface area contributed by atoms with Crippen molar-refractivity contribution in [3.63, 3.8) is 0 Å². The third kappa shape index (κ3) is 4.91. The van der Waals surface area contributed by atoms with Crippen LogP contribution < -0.4 is 15.6 Å². The largest absolute Gasteiger partial charge is 0.495 e. The predicted octanol–water partition coefficient (Wildman–Crippen LogP) is 4.29. The first-order valence-corrected chi connectivity index (χ1v) is 10.5. The summed E-state index contributed by atoms with van der Waals surface area (Å²) in [6.45, 7) is 7.77. The molecule has 3 aromatic rings. The zero-order chi connectivity index (χ0) is 21.8. The second-order valence-electron chi connectivity index (χ2n) is 7.14. The molecule has 0 aliphatic heterocycles. The molecule has 1 atom stereocenters. The van der Waals surface area contributed by atoms with Gasteiger partial charge in [-0.15, -0.1) is 0 Å². The Morgan fingerprint density at radius 1 is 1.07 bits per heavy atom. The Morgan fingerprint density at radius 3 is 2.53 bits per heavy atom. The summed E-state index contributed by atoms with van der Waals surface area (Å²) in [5.74, 6) is 0.433. The first-order valence-electron chi connectivity index (χ1n) is 9.58. The molecule has 1 N–H and O–H groups in total. The van der Waals surface area contributed by atoms with Gasteiger partial charge < -0.3 is 10.1 Å². The van der Waals surface area contributed by atoms with E-state index in [2.05, 4.69) is 10.4 Å². The van der Waals surface area contributed by atoms with Crippen LogP contribution in [0, 0.1) is 20.8 Å². The molecule has 0 saturated heterocycles. The molecule has 0 fully saturated rings. The molecular formula is C23H25N3O3S. The third-order valence-corrected chi connectivity index (χ3v) is 5.82. The van der Waals surface area contributed by atoms with Crippen molar-refractivity contribution in [3.8, 4) is 11.4 Å². The topological polar surface area (TPSA) is 73.2 Å². The summed E-state index contributed by atoms with van der Waals surface area (Å²) in [5.41, 5.74) is 4.36. The fourth-order valence-electron chi connectivity index (χ4n) is 2.89. The Balaban J connectivity index is 1.79. The minimum atomic E-state index is -0.423. The number of benzene rings is 2. The van der Waals surface area contributed by atoms with Gasteiger partial charge in [0.25, 0.3) is 5.56 Å². The van der Waals surface area contributed by atoms with E-state index in [0.29, 0.717) is 22.2 Å². The van der Waals surface area contributed by atoms with Gasteiger partial charge in [0.2, 0.25) is 5.91 Å². The van der Waals surface area contributed by atoms with E-state index in [1.807, 2.05) is 57.2 Å². The first-order chi connectivity index (χ1) is 14.3. The van der Waals surface area contributed by atoms with Crippen LogP contribution >= 0.6 is 11.8 Å². The number of aryl methyl sites for hydroxylation is 3. The van der Waals surface area contributed by atoms with Gasteiger partial charge in [0, 0.05) is 6.07 Å². The highest BCUT2D eigenvalue weighted by molar-refractivity contribution is 8.00. The van der Waals surface area contributed by atoms with Gasteiger partial charge in [-0.2, -0.15) is 9.78 Å².